The van der Waals surface area contributed by atoms with Crippen LogP contribution in [0.5, 0.6) is 11.6 Å². The summed E-state index contributed by atoms with van der Waals surface area (Å²) in [5.41, 5.74) is -1.99. The Balaban J connectivity index is 1.82. The molecule has 0 saturated heterocycles. The Morgan fingerprint density at radius 1 is 1.08 bits per heavy atom. The topological polar surface area (TPSA) is 141 Å². The Morgan fingerprint density at radius 3 is 2.29 bits per heavy atom. The highest BCUT2D eigenvalue weighted by Gasteiger charge is 2.69. The van der Waals surface area contributed by atoms with Gasteiger partial charge in [0.1, 0.15) is 22.7 Å². The third-order valence-corrected chi connectivity index (χ3v) is 15.6. The molecule has 0 unspecified atom stereocenters. The number of hydrogen-bond acceptors (Lipinski definition) is 12. The number of allylic oxidation sites excluding steroid dienone is 1. The second kappa shape index (κ2) is 13.3. The third kappa shape index (κ3) is 6.46. The van der Waals surface area contributed by atoms with Crippen LogP contribution >= 0.6 is 0 Å². The highest BCUT2D eigenvalue weighted by atomic mass is 28.4. The molecule has 1 heterocycles. The molecule has 12 nitrogen and oxygen atoms in total. The fourth-order valence-corrected chi connectivity index (χ4v) is 9.20. The van der Waals surface area contributed by atoms with Gasteiger partial charge in [-0.05, 0) is 95.1 Å². The average molecular weight is 740 g/mol. The van der Waals surface area contributed by atoms with Crippen LogP contribution in [-0.2, 0) is 15.6 Å². The molecule has 0 radical (unpaired) electrons. The lowest BCUT2D eigenvalue weighted by atomic mass is 9.53. The molecule has 1 aromatic heterocycles. The van der Waals surface area contributed by atoms with Crippen molar-refractivity contribution in [1.29, 1.82) is 0 Å². The largest absolute Gasteiger partial charge is 0.514 e. The van der Waals surface area contributed by atoms with Crippen LogP contribution in [0.2, 0.25) is 18.1 Å². The van der Waals surface area contributed by atoms with Crippen molar-refractivity contribution in [2.24, 2.45) is 11.3 Å². The molecule has 52 heavy (non-hydrogen) atoms. The Morgan fingerprint density at radius 2 is 1.73 bits per heavy atom. The number of carbonyl (C=O) groups excluding carboxylic acids is 3. The summed E-state index contributed by atoms with van der Waals surface area (Å²) >= 11 is 0. The zero-order valence-corrected chi connectivity index (χ0v) is 34.4. The Bertz CT molecular complexity index is 1800. The molecule has 0 spiro atoms. The number of nitrogens with zero attached hydrogens (tertiary/aromatic N) is 3. The van der Waals surface area contributed by atoms with Crippen molar-refractivity contribution in [3.05, 3.63) is 45.9 Å². The van der Waals surface area contributed by atoms with Crippen LogP contribution in [0.4, 0.5) is 10.5 Å². The molecule has 286 valence electrons. The lowest BCUT2D eigenvalue weighted by Crippen LogP contribution is -2.66. The van der Waals surface area contributed by atoms with Crippen LogP contribution in [0.15, 0.2) is 28.0 Å². The van der Waals surface area contributed by atoms with E-state index in [9.17, 15) is 9.90 Å². The highest BCUT2D eigenvalue weighted by molar-refractivity contribution is 6.74. The molecule has 0 aliphatic heterocycles. The molecule has 3 aliphatic rings. The quantitative estimate of drug-likeness (QED) is 0.115. The number of fused-ring (bicyclic) bond motifs is 4. The van der Waals surface area contributed by atoms with Gasteiger partial charge < -0.3 is 33.2 Å². The molecular weight excluding hydrogens is 683 g/mol. The van der Waals surface area contributed by atoms with Gasteiger partial charge in [0, 0.05) is 36.7 Å². The van der Waals surface area contributed by atoms with Crippen molar-refractivity contribution >= 4 is 31.7 Å². The number of Topliss-reactive ketones (excluding diaryl/α,β-unsaturated/α-hetero) is 2. The summed E-state index contributed by atoms with van der Waals surface area (Å²) in [4.78, 5) is 47.4. The minimum absolute atomic E-state index is 0.0118. The summed E-state index contributed by atoms with van der Waals surface area (Å²) in [6.07, 6.45) is 1.25. The lowest BCUT2D eigenvalue weighted by molar-refractivity contribution is -0.0579. The van der Waals surface area contributed by atoms with E-state index in [0.717, 1.165) is 18.5 Å². The van der Waals surface area contributed by atoms with Crippen molar-refractivity contribution < 1.29 is 42.6 Å². The summed E-state index contributed by atoms with van der Waals surface area (Å²) in [5.74, 6) is -1.77. The van der Waals surface area contributed by atoms with E-state index in [1.165, 1.54) is 0 Å². The van der Waals surface area contributed by atoms with Gasteiger partial charge in [0.15, 0.2) is 25.5 Å². The fraction of sp³-hybridized carbons (Fsp3) is 0.641. The fourth-order valence-electron chi connectivity index (χ4n) is 7.75. The molecule has 0 bridgehead atoms. The summed E-state index contributed by atoms with van der Waals surface area (Å²) in [7, 11) is 4.66. The monoisotopic (exact) mass is 739 g/mol. The molecule has 2 aromatic rings. The van der Waals surface area contributed by atoms with Crippen LogP contribution in [0.25, 0.3) is 0 Å². The summed E-state index contributed by atoms with van der Waals surface area (Å²) in [5, 5.41) is 16.8. The molecule has 5 rings (SSSR count). The van der Waals surface area contributed by atoms with E-state index in [0.29, 0.717) is 24.4 Å². The van der Waals surface area contributed by atoms with Gasteiger partial charge in [-0.3, -0.25) is 14.5 Å². The van der Waals surface area contributed by atoms with Gasteiger partial charge in [0.25, 0.3) is 5.88 Å². The molecule has 13 heteroatoms. The number of ketones is 2. The van der Waals surface area contributed by atoms with Crippen molar-refractivity contribution in [3.63, 3.8) is 0 Å². The zero-order chi connectivity index (χ0) is 38.9. The normalized spacial score (nSPS) is 24.6. The third-order valence-electron chi connectivity index (χ3n) is 11.1. The smallest absolute Gasteiger partial charge is 0.508 e. The van der Waals surface area contributed by atoms with Crippen LogP contribution in [0.3, 0.4) is 0 Å². The minimum atomic E-state index is -2.89. The standard InChI is InChI=1S/C39H57N3O9Si/c1-15-16-19-47-34-27-31(50-40-34)29(42(11)12)23-21-38(8)20-22-24(41(9)10)17-18-25(48-35(46)49-36(2,3)4)26(22)30(43)28(38)33(45)39(23,32(27)44)51-52(13,14)37(5,6)7/h17-18,23,29,45H,15-16,19-21H2,1-14H3/t23-,29-,38-,39+/m0/s1. The second-order valence-corrected chi connectivity index (χ2v) is 22.5. The second-order valence-electron chi connectivity index (χ2n) is 17.8. The number of anilines is 1. The van der Waals surface area contributed by atoms with E-state index in [1.807, 2.05) is 71.0 Å². The summed E-state index contributed by atoms with van der Waals surface area (Å²) in [6.45, 7) is 19.7. The number of benzene rings is 1. The number of carbonyl (C=O) groups is 3. The lowest BCUT2D eigenvalue weighted by Gasteiger charge is -2.57. The number of unbranched alkanes of at least 4 members (excludes halogenated alkanes) is 1. The summed E-state index contributed by atoms with van der Waals surface area (Å²) in [6, 6.07) is 2.81. The molecule has 0 fully saturated rings. The average Bonchev–Trinajstić information content (AvgIpc) is 3.39. The highest BCUT2D eigenvalue weighted by Crippen LogP contribution is 2.63. The van der Waals surface area contributed by atoms with Crippen LogP contribution in [0, 0.1) is 11.3 Å². The van der Waals surface area contributed by atoms with E-state index in [1.54, 1.807) is 26.8 Å². The molecular formula is C39H57N3O9Si. The molecule has 3 aliphatic carbocycles. The Kier molecular flexibility index (Phi) is 10.1. The Hall–Kier alpha value is -3.68. The number of aromatic nitrogens is 1. The maximum Gasteiger partial charge on any atom is 0.514 e. The van der Waals surface area contributed by atoms with Crippen molar-refractivity contribution in [2.45, 2.75) is 116 Å². The number of ether oxygens (including phenoxy) is 3. The first-order chi connectivity index (χ1) is 23.9. The molecule has 0 amide bonds. The van der Waals surface area contributed by atoms with E-state index in [4.69, 9.17) is 23.2 Å². The first-order valence-electron chi connectivity index (χ1n) is 18.2. The van der Waals surface area contributed by atoms with E-state index in [2.05, 4.69) is 25.9 Å². The van der Waals surface area contributed by atoms with Gasteiger partial charge in [0.2, 0.25) is 5.78 Å². The van der Waals surface area contributed by atoms with Gasteiger partial charge in [-0.1, -0.05) is 41.0 Å². The van der Waals surface area contributed by atoms with E-state index < -0.39 is 60.4 Å². The van der Waals surface area contributed by atoms with Gasteiger partial charge in [-0.15, -0.1) is 0 Å². The van der Waals surface area contributed by atoms with Gasteiger partial charge in [0.05, 0.1) is 18.2 Å². The number of rotatable bonds is 9. The van der Waals surface area contributed by atoms with Gasteiger partial charge >= 0.3 is 6.16 Å². The van der Waals surface area contributed by atoms with Crippen LogP contribution in [-0.4, -0.2) is 87.2 Å². The maximum atomic E-state index is 15.4. The van der Waals surface area contributed by atoms with E-state index in [-0.39, 0.29) is 39.8 Å². The van der Waals surface area contributed by atoms with Crippen molar-refractivity contribution in [3.8, 4) is 11.6 Å². The summed E-state index contributed by atoms with van der Waals surface area (Å²) < 4.78 is 30.4. The molecule has 0 saturated carbocycles. The van der Waals surface area contributed by atoms with Crippen molar-refractivity contribution in [1.82, 2.24) is 10.1 Å². The number of hydrogen-bond donors (Lipinski definition) is 1. The molecule has 1 N–H and O–H groups in total. The van der Waals surface area contributed by atoms with Crippen LogP contribution in [0.1, 0.15) is 113 Å². The minimum Gasteiger partial charge on any atom is -0.508 e. The van der Waals surface area contributed by atoms with Gasteiger partial charge in [-0.25, -0.2) is 4.79 Å². The van der Waals surface area contributed by atoms with Crippen LogP contribution < -0.4 is 14.4 Å². The maximum absolute atomic E-state index is 15.4. The molecule has 4 atom stereocenters. The SMILES string of the molecule is CCCCOc1noc2c1C(=O)[C@@]1(O[Si](C)(C)C(C)(C)C)C(O)=C3C(=O)c4c(OC(=O)OC(C)(C)C)ccc(N(C)C)c4C[C@@]3(C)C[C@H]1[C@@H]2N(C)C. The predicted molar refractivity (Wildman–Crippen MR) is 200 cm³/mol. The first-order valence-corrected chi connectivity index (χ1v) is 21.1. The van der Waals surface area contributed by atoms with E-state index >= 15 is 9.59 Å². The predicted octanol–water partition coefficient (Wildman–Crippen LogP) is 8.07. The van der Waals surface area contributed by atoms with Gasteiger partial charge in [-0.2, -0.15) is 0 Å². The van der Waals surface area contributed by atoms with Crippen molar-refractivity contribution in [2.75, 3.05) is 39.7 Å². The zero-order valence-electron chi connectivity index (χ0n) is 33.4. The Labute approximate surface area is 308 Å². The molecule has 1 aromatic carbocycles. The number of aliphatic hydroxyl groups excluding tert-OH is 1. The number of aliphatic hydroxyl groups is 1. The first kappa shape index (κ1) is 39.5.